The molecule has 0 bridgehead atoms. The molecule has 4 nitrogen and oxygen atoms in total. The van der Waals surface area contributed by atoms with Gasteiger partial charge in [-0.3, -0.25) is 0 Å². The maximum absolute atomic E-state index is 12.8. The molecule has 1 aromatic carbocycles. The number of nitrogen functional groups attached to an aromatic ring is 1. The van der Waals surface area contributed by atoms with Crippen LogP contribution < -0.4 is 5.73 Å². The number of rotatable bonds is 6. The maximum Gasteiger partial charge on any atom is 0.243 e. The fourth-order valence-electron chi connectivity index (χ4n) is 2.22. The highest BCUT2D eigenvalue weighted by molar-refractivity contribution is 7.89. The number of sulfonamides is 1. The van der Waals surface area contributed by atoms with Crippen LogP contribution >= 0.6 is 11.6 Å². The summed E-state index contributed by atoms with van der Waals surface area (Å²) >= 11 is 6.00. The van der Waals surface area contributed by atoms with Crippen LogP contribution in [0.4, 0.5) is 5.69 Å². The van der Waals surface area contributed by atoms with E-state index in [1.165, 1.54) is 6.07 Å². The van der Waals surface area contributed by atoms with Gasteiger partial charge in [-0.2, -0.15) is 4.31 Å². The van der Waals surface area contributed by atoms with Gasteiger partial charge in [0.1, 0.15) is 0 Å². The molecule has 0 unspecified atom stereocenters. The Labute approximate surface area is 126 Å². The third-order valence-corrected chi connectivity index (χ3v) is 5.99. The van der Waals surface area contributed by atoms with E-state index in [0.717, 1.165) is 25.7 Å². The molecule has 0 saturated heterocycles. The van der Waals surface area contributed by atoms with Crippen molar-refractivity contribution in [1.29, 1.82) is 0 Å². The number of hydrogen-bond acceptors (Lipinski definition) is 3. The smallest absolute Gasteiger partial charge is 0.243 e. The quantitative estimate of drug-likeness (QED) is 0.820. The van der Waals surface area contributed by atoms with Gasteiger partial charge in [0.05, 0.1) is 15.6 Å². The summed E-state index contributed by atoms with van der Waals surface area (Å²) < 4.78 is 27.1. The average molecular weight is 317 g/mol. The largest absolute Gasteiger partial charge is 0.397 e. The van der Waals surface area contributed by atoms with Crippen LogP contribution in [0.2, 0.25) is 5.02 Å². The summed E-state index contributed by atoms with van der Waals surface area (Å²) in [5.41, 5.74) is 6.80. The average Bonchev–Trinajstić information content (AvgIpc) is 3.20. The molecule has 0 atom stereocenters. The highest BCUT2D eigenvalue weighted by Gasteiger charge is 2.37. The molecule has 0 heterocycles. The van der Waals surface area contributed by atoms with Crippen LogP contribution in [-0.2, 0) is 10.0 Å². The van der Waals surface area contributed by atoms with Crippen LogP contribution in [0.25, 0.3) is 0 Å². The van der Waals surface area contributed by atoms with Crippen molar-refractivity contribution >= 4 is 27.3 Å². The lowest BCUT2D eigenvalue weighted by Crippen LogP contribution is -2.34. The topological polar surface area (TPSA) is 63.4 Å². The van der Waals surface area contributed by atoms with Crippen molar-refractivity contribution in [2.45, 2.75) is 50.5 Å². The Morgan fingerprint density at radius 3 is 2.55 bits per heavy atom. The van der Waals surface area contributed by atoms with Gasteiger partial charge in [-0.15, -0.1) is 0 Å². The lowest BCUT2D eigenvalue weighted by Gasteiger charge is -2.22. The molecule has 0 amide bonds. The van der Waals surface area contributed by atoms with Crippen molar-refractivity contribution in [1.82, 2.24) is 4.31 Å². The molecule has 20 heavy (non-hydrogen) atoms. The number of unbranched alkanes of at least 4 members (excludes halogenated alkanes) is 1. The second-order valence-electron chi connectivity index (χ2n) is 5.34. The van der Waals surface area contributed by atoms with E-state index < -0.39 is 10.0 Å². The summed E-state index contributed by atoms with van der Waals surface area (Å²) in [6.07, 6.45) is 3.74. The minimum atomic E-state index is -3.48. The van der Waals surface area contributed by atoms with E-state index >= 15 is 0 Å². The Morgan fingerprint density at radius 1 is 1.40 bits per heavy atom. The summed E-state index contributed by atoms with van der Waals surface area (Å²) in [5, 5.41) is 0.426. The molecule has 0 radical (unpaired) electrons. The highest BCUT2D eigenvalue weighted by Crippen LogP contribution is 2.34. The first-order chi connectivity index (χ1) is 9.37. The van der Waals surface area contributed by atoms with Crippen LogP contribution in [-0.4, -0.2) is 25.3 Å². The lowest BCUT2D eigenvalue weighted by atomic mass is 10.2. The number of anilines is 1. The van der Waals surface area contributed by atoms with E-state index in [9.17, 15) is 8.42 Å². The van der Waals surface area contributed by atoms with Crippen LogP contribution in [0.15, 0.2) is 17.0 Å². The molecular weight excluding hydrogens is 296 g/mol. The predicted molar refractivity (Wildman–Crippen MR) is 82.4 cm³/mol. The normalized spacial score (nSPS) is 15.8. The third kappa shape index (κ3) is 3.10. The summed E-state index contributed by atoms with van der Waals surface area (Å²) in [4.78, 5) is 0.250. The number of nitrogens with zero attached hydrogens (tertiary/aromatic N) is 1. The highest BCUT2D eigenvalue weighted by atomic mass is 35.5. The number of halogens is 1. The standard InChI is InChI=1S/C14H21ClN2O2S/c1-3-4-7-17(11-5-6-11)20(18,19)12-8-10(2)14(15)13(16)9-12/h8-9,11H,3-7,16H2,1-2H3. The van der Waals surface area contributed by atoms with Gasteiger partial charge < -0.3 is 5.73 Å². The van der Waals surface area contributed by atoms with Gasteiger partial charge in [0.2, 0.25) is 10.0 Å². The Kier molecular flexibility index (Phi) is 4.62. The van der Waals surface area contributed by atoms with Crippen molar-refractivity contribution in [2.75, 3.05) is 12.3 Å². The van der Waals surface area contributed by atoms with E-state index in [4.69, 9.17) is 17.3 Å². The van der Waals surface area contributed by atoms with Crippen LogP contribution in [0.5, 0.6) is 0 Å². The number of aryl methyl sites for hydroxylation is 1. The molecule has 1 aromatic rings. The third-order valence-electron chi connectivity index (χ3n) is 3.55. The van der Waals surface area contributed by atoms with Gasteiger partial charge in [0.15, 0.2) is 0 Å². The van der Waals surface area contributed by atoms with Crippen molar-refractivity contribution < 1.29 is 8.42 Å². The van der Waals surface area contributed by atoms with Crippen molar-refractivity contribution in [3.63, 3.8) is 0 Å². The zero-order valence-electron chi connectivity index (χ0n) is 11.9. The van der Waals surface area contributed by atoms with Crippen molar-refractivity contribution in [3.8, 4) is 0 Å². The molecule has 112 valence electrons. The Hall–Kier alpha value is -0.780. The zero-order valence-corrected chi connectivity index (χ0v) is 13.5. The first kappa shape index (κ1) is 15.6. The molecule has 1 saturated carbocycles. The molecule has 0 aromatic heterocycles. The summed E-state index contributed by atoms with van der Waals surface area (Å²) in [5.74, 6) is 0. The van der Waals surface area contributed by atoms with Crippen molar-refractivity contribution in [2.24, 2.45) is 0 Å². The Balaban J connectivity index is 2.37. The molecular formula is C14H21ClN2O2S. The molecule has 2 rings (SSSR count). The Bertz CT molecular complexity index is 574. The van der Waals surface area contributed by atoms with E-state index in [0.29, 0.717) is 22.8 Å². The fourth-order valence-corrected chi connectivity index (χ4v) is 4.18. The molecule has 6 heteroatoms. The van der Waals surface area contributed by atoms with Gasteiger partial charge in [-0.25, -0.2) is 8.42 Å². The van der Waals surface area contributed by atoms with Crippen LogP contribution in [0.1, 0.15) is 38.2 Å². The van der Waals surface area contributed by atoms with Crippen LogP contribution in [0, 0.1) is 6.92 Å². The number of nitrogens with two attached hydrogens (primary N) is 1. The van der Waals surface area contributed by atoms with E-state index in [1.807, 2.05) is 0 Å². The van der Waals surface area contributed by atoms with Gasteiger partial charge in [0, 0.05) is 12.6 Å². The zero-order chi connectivity index (χ0) is 14.9. The molecule has 0 spiro atoms. The van der Waals surface area contributed by atoms with Gasteiger partial charge >= 0.3 is 0 Å². The summed E-state index contributed by atoms with van der Waals surface area (Å²) in [6, 6.07) is 3.23. The van der Waals surface area contributed by atoms with Gasteiger partial charge in [0.25, 0.3) is 0 Å². The first-order valence-electron chi connectivity index (χ1n) is 6.95. The van der Waals surface area contributed by atoms with Crippen molar-refractivity contribution in [3.05, 3.63) is 22.7 Å². The molecule has 1 aliphatic rings. The summed E-state index contributed by atoms with van der Waals surface area (Å²) in [6.45, 7) is 4.40. The molecule has 1 aliphatic carbocycles. The second-order valence-corrected chi connectivity index (χ2v) is 7.61. The maximum atomic E-state index is 12.8. The van der Waals surface area contributed by atoms with Gasteiger partial charge in [-0.05, 0) is 43.9 Å². The van der Waals surface area contributed by atoms with Gasteiger partial charge in [-0.1, -0.05) is 24.9 Å². The molecule has 2 N–H and O–H groups in total. The molecule has 0 aliphatic heterocycles. The number of benzene rings is 1. The summed E-state index contributed by atoms with van der Waals surface area (Å²) in [7, 11) is -3.48. The lowest BCUT2D eigenvalue weighted by molar-refractivity contribution is 0.395. The fraction of sp³-hybridized carbons (Fsp3) is 0.571. The SMILES string of the molecule is CCCCN(C1CC1)S(=O)(=O)c1cc(C)c(Cl)c(N)c1. The van der Waals surface area contributed by atoms with E-state index in [2.05, 4.69) is 6.92 Å². The van der Waals surface area contributed by atoms with E-state index in [-0.39, 0.29) is 10.9 Å². The van der Waals surface area contributed by atoms with Crippen LogP contribution in [0.3, 0.4) is 0 Å². The van der Waals surface area contributed by atoms with E-state index in [1.54, 1.807) is 17.3 Å². The number of hydrogen-bond donors (Lipinski definition) is 1. The minimum absolute atomic E-state index is 0.156. The Morgan fingerprint density at radius 2 is 2.05 bits per heavy atom. The first-order valence-corrected chi connectivity index (χ1v) is 8.77. The second kappa shape index (κ2) is 5.92. The minimum Gasteiger partial charge on any atom is -0.397 e. The predicted octanol–water partition coefficient (Wildman–Crippen LogP) is 3.18. The molecule has 1 fully saturated rings. The monoisotopic (exact) mass is 316 g/mol.